The van der Waals surface area contributed by atoms with Gasteiger partial charge in [-0.05, 0) is 45.1 Å². The molecule has 0 saturated heterocycles. The summed E-state index contributed by atoms with van der Waals surface area (Å²) in [6.07, 6.45) is 19.1. The van der Waals surface area contributed by atoms with E-state index in [1.54, 1.807) is 0 Å². The van der Waals surface area contributed by atoms with Crippen molar-refractivity contribution in [2.45, 2.75) is 122 Å². The zero-order valence-corrected chi connectivity index (χ0v) is 21.1. The molecule has 4 atom stereocenters. The Kier molecular flexibility index (Phi) is 14.2. The van der Waals surface area contributed by atoms with Gasteiger partial charge < -0.3 is 20.8 Å². The molecule has 0 aliphatic heterocycles. The largest absolute Gasteiger partial charge is 0.481 e. The van der Waals surface area contributed by atoms with Crippen molar-refractivity contribution in [2.24, 2.45) is 17.8 Å². The van der Waals surface area contributed by atoms with Crippen LogP contribution in [-0.2, 0) is 14.4 Å². The highest BCUT2D eigenvalue weighted by molar-refractivity contribution is 5.84. The lowest BCUT2D eigenvalue weighted by atomic mass is 9.78. The highest BCUT2D eigenvalue weighted by atomic mass is 16.4. The lowest BCUT2D eigenvalue weighted by Gasteiger charge is -2.29. The summed E-state index contributed by atoms with van der Waals surface area (Å²) in [7, 11) is 0. The Labute approximate surface area is 205 Å². The van der Waals surface area contributed by atoms with E-state index in [4.69, 9.17) is 0 Å². The first-order chi connectivity index (χ1) is 16.5. The van der Waals surface area contributed by atoms with Crippen LogP contribution in [-0.4, -0.2) is 47.2 Å². The van der Waals surface area contributed by atoms with Crippen LogP contribution in [0.15, 0.2) is 0 Å². The number of hydrogen-bond acceptors (Lipinski definition) is 4. The third-order valence-corrected chi connectivity index (χ3v) is 7.81. The second kappa shape index (κ2) is 16.9. The van der Waals surface area contributed by atoms with Gasteiger partial charge in [-0.15, -0.1) is 0 Å². The van der Waals surface area contributed by atoms with Gasteiger partial charge in [-0.3, -0.25) is 14.4 Å². The minimum atomic E-state index is -0.829. The third kappa shape index (κ3) is 10.7. The van der Waals surface area contributed by atoms with Crippen LogP contribution in [0.3, 0.4) is 0 Å². The molecule has 2 saturated carbocycles. The molecule has 0 aromatic carbocycles. The van der Waals surface area contributed by atoms with Gasteiger partial charge in [-0.25, -0.2) is 0 Å². The van der Waals surface area contributed by atoms with Gasteiger partial charge in [0.05, 0.1) is 17.8 Å². The number of nitrogens with one attached hydrogen (secondary N) is 2. The maximum absolute atomic E-state index is 12.3. The highest BCUT2D eigenvalue weighted by Crippen LogP contribution is 2.30. The van der Waals surface area contributed by atoms with E-state index in [-0.39, 0.29) is 23.8 Å². The zero-order valence-electron chi connectivity index (χ0n) is 21.1. The number of carbonyl (C=O) groups excluding carboxylic acids is 1. The fraction of sp³-hybridized carbons (Fsp3) is 0.889. The molecule has 0 aromatic heterocycles. The molecular formula is C27H48N2O5. The van der Waals surface area contributed by atoms with Gasteiger partial charge in [0.25, 0.3) is 0 Å². The Hall–Kier alpha value is -1.63. The summed E-state index contributed by atoms with van der Waals surface area (Å²) in [5, 5.41) is 25.1. The normalized spacial score (nSPS) is 25.1. The number of carboxylic acid groups (broad SMARTS) is 2. The van der Waals surface area contributed by atoms with Crippen molar-refractivity contribution in [3.8, 4) is 0 Å². The minimum absolute atomic E-state index is 0.0669. The quantitative estimate of drug-likeness (QED) is 0.215. The molecule has 0 unspecified atom stereocenters. The summed E-state index contributed by atoms with van der Waals surface area (Å²) in [4.78, 5) is 35.0. The zero-order chi connectivity index (χ0) is 24.6. The van der Waals surface area contributed by atoms with Crippen LogP contribution in [0.25, 0.3) is 0 Å². The van der Waals surface area contributed by atoms with E-state index in [0.717, 1.165) is 64.3 Å². The van der Waals surface area contributed by atoms with Crippen LogP contribution in [0.5, 0.6) is 0 Å². The predicted molar refractivity (Wildman–Crippen MR) is 134 cm³/mol. The van der Waals surface area contributed by atoms with E-state index in [0.29, 0.717) is 19.4 Å². The SMILES string of the molecule is O=C(O)[C@@H]1CCCC[C@@H]1NCCCCCCCCCCCCNC(=O)[C@@H]1CCCC[C@H]1C(=O)O. The van der Waals surface area contributed by atoms with E-state index in [1.165, 1.54) is 44.9 Å². The van der Waals surface area contributed by atoms with Crippen molar-refractivity contribution in [1.82, 2.24) is 10.6 Å². The number of aliphatic carboxylic acids is 2. The third-order valence-electron chi connectivity index (χ3n) is 7.81. The summed E-state index contributed by atoms with van der Waals surface area (Å²) < 4.78 is 0. The van der Waals surface area contributed by atoms with Crippen molar-refractivity contribution in [2.75, 3.05) is 13.1 Å². The molecule has 4 N–H and O–H groups in total. The Morgan fingerprint density at radius 2 is 1.00 bits per heavy atom. The van der Waals surface area contributed by atoms with Crippen molar-refractivity contribution >= 4 is 17.8 Å². The lowest BCUT2D eigenvalue weighted by molar-refractivity contribution is -0.148. The number of hydrogen-bond donors (Lipinski definition) is 4. The number of amides is 1. The predicted octanol–water partition coefficient (Wildman–Crippen LogP) is 5.13. The summed E-state index contributed by atoms with van der Waals surface area (Å²) in [5.41, 5.74) is 0. The first kappa shape index (κ1) is 28.6. The molecule has 7 heteroatoms. The summed E-state index contributed by atoms with van der Waals surface area (Å²) >= 11 is 0. The van der Waals surface area contributed by atoms with Crippen LogP contribution in [0.4, 0.5) is 0 Å². The Morgan fingerprint density at radius 1 is 0.559 bits per heavy atom. The summed E-state index contributed by atoms with van der Waals surface area (Å²) in [6.45, 7) is 1.59. The van der Waals surface area contributed by atoms with Gasteiger partial charge >= 0.3 is 11.9 Å². The average Bonchev–Trinajstić information content (AvgIpc) is 2.84. The first-order valence-electron chi connectivity index (χ1n) is 14.0. The molecule has 2 fully saturated rings. The van der Waals surface area contributed by atoms with Gasteiger partial charge in [0.2, 0.25) is 5.91 Å². The molecular weight excluding hydrogens is 432 g/mol. The van der Waals surface area contributed by atoms with Crippen LogP contribution in [0, 0.1) is 17.8 Å². The van der Waals surface area contributed by atoms with E-state index in [9.17, 15) is 24.6 Å². The minimum Gasteiger partial charge on any atom is -0.481 e. The molecule has 196 valence electrons. The molecule has 0 aromatic rings. The molecule has 0 spiro atoms. The van der Waals surface area contributed by atoms with Crippen molar-refractivity contribution in [1.29, 1.82) is 0 Å². The molecule has 1 amide bonds. The topological polar surface area (TPSA) is 116 Å². The Morgan fingerprint density at radius 3 is 1.56 bits per heavy atom. The molecule has 2 aliphatic carbocycles. The van der Waals surface area contributed by atoms with E-state index >= 15 is 0 Å². The molecule has 7 nitrogen and oxygen atoms in total. The molecule has 2 aliphatic rings. The Bertz CT molecular complexity index is 612. The monoisotopic (exact) mass is 480 g/mol. The summed E-state index contributed by atoms with van der Waals surface area (Å²) in [6, 6.07) is 0.161. The fourth-order valence-electron chi connectivity index (χ4n) is 5.71. The molecule has 0 heterocycles. The molecule has 34 heavy (non-hydrogen) atoms. The van der Waals surface area contributed by atoms with Crippen LogP contribution >= 0.6 is 0 Å². The molecule has 2 rings (SSSR count). The molecule has 0 bridgehead atoms. The maximum Gasteiger partial charge on any atom is 0.308 e. The van der Waals surface area contributed by atoms with Gasteiger partial charge in [0, 0.05) is 12.6 Å². The van der Waals surface area contributed by atoms with E-state index in [2.05, 4.69) is 10.6 Å². The van der Waals surface area contributed by atoms with Gasteiger partial charge in [-0.2, -0.15) is 0 Å². The standard InChI is InChI=1S/C27H48N2O5/c30-25(21-15-9-10-16-22(21)26(31)32)29-20-14-8-6-4-2-1-3-5-7-13-19-28-24-18-12-11-17-23(24)27(33)34/h21-24,28H,1-20H2,(H,29,30)(H,31,32)(H,33,34)/t21-,22-,23-,24+/m1/s1. The smallest absolute Gasteiger partial charge is 0.308 e. The number of carbonyl (C=O) groups is 3. The van der Waals surface area contributed by atoms with Gasteiger partial charge in [0.15, 0.2) is 0 Å². The van der Waals surface area contributed by atoms with Crippen molar-refractivity contribution < 1.29 is 24.6 Å². The number of rotatable bonds is 17. The number of carboxylic acids is 2. The van der Waals surface area contributed by atoms with E-state index < -0.39 is 17.9 Å². The van der Waals surface area contributed by atoms with Gasteiger partial charge in [0.1, 0.15) is 0 Å². The maximum atomic E-state index is 12.3. The van der Waals surface area contributed by atoms with Crippen LogP contribution < -0.4 is 10.6 Å². The van der Waals surface area contributed by atoms with Crippen molar-refractivity contribution in [3.05, 3.63) is 0 Å². The van der Waals surface area contributed by atoms with Crippen molar-refractivity contribution in [3.63, 3.8) is 0 Å². The average molecular weight is 481 g/mol. The van der Waals surface area contributed by atoms with Gasteiger partial charge in [-0.1, -0.05) is 77.0 Å². The fourth-order valence-corrected chi connectivity index (χ4v) is 5.71. The van der Waals surface area contributed by atoms with Crippen LogP contribution in [0.1, 0.15) is 116 Å². The second-order valence-electron chi connectivity index (χ2n) is 10.5. The van der Waals surface area contributed by atoms with Crippen LogP contribution in [0.2, 0.25) is 0 Å². The second-order valence-corrected chi connectivity index (χ2v) is 10.5. The first-order valence-corrected chi connectivity index (χ1v) is 14.0. The van der Waals surface area contributed by atoms with E-state index in [1.807, 2.05) is 0 Å². The number of unbranched alkanes of at least 4 members (excludes halogenated alkanes) is 9. The lowest BCUT2D eigenvalue weighted by Crippen LogP contribution is -2.42. The summed E-state index contributed by atoms with van der Waals surface area (Å²) in [5.74, 6) is -2.60. The highest BCUT2D eigenvalue weighted by Gasteiger charge is 2.35. The Balaban J connectivity index is 1.36. The molecule has 0 radical (unpaired) electrons.